The van der Waals surface area contributed by atoms with E-state index in [4.69, 9.17) is 0 Å². The van der Waals surface area contributed by atoms with Crippen LogP contribution in [0.25, 0.3) is 10.9 Å². The van der Waals surface area contributed by atoms with Crippen LogP contribution < -0.4 is 10.6 Å². The molecule has 0 saturated heterocycles. The van der Waals surface area contributed by atoms with E-state index in [-0.39, 0.29) is 5.91 Å². The summed E-state index contributed by atoms with van der Waals surface area (Å²) in [4.78, 5) is 16.9. The molecule has 4 rings (SSSR count). The summed E-state index contributed by atoms with van der Waals surface area (Å²) in [6, 6.07) is 25.2. The SMILES string of the molecule is Cc1ccccc1C(=O)Nc1ccc(Nc2cccc3cccnc23)cc1. The Balaban J connectivity index is 1.51. The Hall–Kier alpha value is -3.66. The fraction of sp³-hybridized carbons (Fsp3) is 0.0435. The van der Waals surface area contributed by atoms with Gasteiger partial charge < -0.3 is 10.6 Å². The molecule has 1 aromatic heterocycles. The van der Waals surface area contributed by atoms with Crippen LogP contribution in [0.1, 0.15) is 15.9 Å². The minimum absolute atomic E-state index is 0.105. The zero-order valence-corrected chi connectivity index (χ0v) is 14.9. The lowest BCUT2D eigenvalue weighted by atomic mass is 10.1. The maximum Gasteiger partial charge on any atom is 0.255 e. The molecule has 0 aliphatic rings. The third-order valence-electron chi connectivity index (χ3n) is 4.44. The van der Waals surface area contributed by atoms with Gasteiger partial charge in [0.15, 0.2) is 0 Å². The summed E-state index contributed by atoms with van der Waals surface area (Å²) in [5.41, 5.74) is 5.20. The van der Waals surface area contributed by atoms with Crippen molar-refractivity contribution in [2.45, 2.75) is 6.92 Å². The Bertz CT molecular complexity index is 1100. The van der Waals surface area contributed by atoms with Gasteiger partial charge in [0.05, 0.1) is 11.2 Å². The summed E-state index contributed by atoms with van der Waals surface area (Å²) < 4.78 is 0. The molecule has 0 fully saturated rings. The number of carbonyl (C=O) groups excluding carboxylic acids is 1. The molecule has 1 amide bonds. The lowest BCUT2D eigenvalue weighted by Crippen LogP contribution is -2.13. The van der Waals surface area contributed by atoms with Crippen LogP contribution in [0.3, 0.4) is 0 Å². The zero-order valence-electron chi connectivity index (χ0n) is 14.9. The first kappa shape index (κ1) is 16.8. The Morgan fingerprint density at radius 3 is 2.37 bits per heavy atom. The van der Waals surface area contributed by atoms with Gasteiger partial charge in [-0.25, -0.2) is 0 Å². The molecule has 2 N–H and O–H groups in total. The van der Waals surface area contributed by atoms with Crippen molar-refractivity contribution in [3.8, 4) is 0 Å². The molecule has 4 heteroatoms. The Kier molecular flexibility index (Phi) is 4.54. The molecule has 0 aliphatic carbocycles. The van der Waals surface area contributed by atoms with Crippen molar-refractivity contribution in [2.24, 2.45) is 0 Å². The normalized spacial score (nSPS) is 10.6. The minimum atomic E-state index is -0.105. The Labute approximate surface area is 157 Å². The van der Waals surface area contributed by atoms with Crippen molar-refractivity contribution in [1.29, 1.82) is 0 Å². The van der Waals surface area contributed by atoms with Crippen LogP contribution in [-0.2, 0) is 0 Å². The highest BCUT2D eigenvalue weighted by molar-refractivity contribution is 6.05. The van der Waals surface area contributed by atoms with E-state index in [1.807, 2.05) is 85.8 Å². The van der Waals surface area contributed by atoms with E-state index in [1.54, 1.807) is 6.20 Å². The molecule has 0 radical (unpaired) electrons. The second-order valence-electron chi connectivity index (χ2n) is 6.35. The van der Waals surface area contributed by atoms with Gasteiger partial charge in [-0.1, -0.05) is 36.4 Å². The van der Waals surface area contributed by atoms with Crippen LogP contribution >= 0.6 is 0 Å². The standard InChI is InChI=1S/C23H19N3O/c1-16-6-2-3-9-20(16)23(27)26-19-13-11-18(12-14-19)25-21-10-4-7-17-8-5-15-24-22(17)21/h2-15,25H,1H3,(H,26,27). The smallest absolute Gasteiger partial charge is 0.255 e. The predicted molar refractivity (Wildman–Crippen MR) is 111 cm³/mol. The molecular formula is C23H19N3O. The van der Waals surface area contributed by atoms with Crippen molar-refractivity contribution < 1.29 is 4.79 Å². The van der Waals surface area contributed by atoms with E-state index in [1.165, 1.54) is 0 Å². The van der Waals surface area contributed by atoms with Crippen molar-refractivity contribution in [3.05, 3.63) is 96.2 Å². The Morgan fingerprint density at radius 2 is 1.56 bits per heavy atom. The van der Waals surface area contributed by atoms with Crippen LogP contribution in [-0.4, -0.2) is 10.9 Å². The summed E-state index contributed by atoms with van der Waals surface area (Å²) in [6.45, 7) is 1.93. The number of hydrogen-bond acceptors (Lipinski definition) is 3. The molecular weight excluding hydrogens is 334 g/mol. The number of pyridine rings is 1. The van der Waals surface area contributed by atoms with Crippen molar-refractivity contribution in [2.75, 3.05) is 10.6 Å². The summed E-state index contributed by atoms with van der Waals surface area (Å²) in [6.07, 6.45) is 1.79. The number of carbonyl (C=O) groups is 1. The molecule has 4 nitrogen and oxygen atoms in total. The molecule has 132 valence electrons. The third kappa shape index (κ3) is 3.65. The molecule has 1 heterocycles. The van der Waals surface area contributed by atoms with Gasteiger partial charge in [0.1, 0.15) is 0 Å². The van der Waals surface area contributed by atoms with Crippen LogP contribution in [0.5, 0.6) is 0 Å². The fourth-order valence-electron chi connectivity index (χ4n) is 3.02. The predicted octanol–water partition coefficient (Wildman–Crippen LogP) is 5.54. The first-order valence-electron chi connectivity index (χ1n) is 8.78. The molecule has 0 bridgehead atoms. The number of hydrogen-bond donors (Lipinski definition) is 2. The molecule has 27 heavy (non-hydrogen) atoms. The number of anilines is 3. The van der Waals surface area contributed by atoms with E-state index < -0.39 is 0 Å². The number of fused-ring (bicyclic) bond motifs is 1. The molecule has 0 saturated carbocycles. The second kappa shape index (κ2) is 7.30. The monoisotopic (exact) mass is 353 g/mol. The highest BCUT2D eigenvalue weighted by Gasteiger charge is 2.08. The van der Waals surface area contributed by atoms with Crippen LogP contribution in [0.4, 0.5) is 17.1 Å². The molecule has 4 aromatic rings. The second-order valence-corrected chi connectivity index (χ2v) is 6.35. The van der Waals surface area contributed by atoms with Gasteiger partial charge in [0.25, 0.3) is 5.91 Å². The van der Waals surface area contributed by atoms with Gasteiger partial charge in [-0.15, -0.1) is 0 Å². The number of nitrogens with zero attached hydrogens (tertiary/aromatic N) is 1. The fourth-order valence-corrected chi connectivity index (χ4v) is 3.02. The van der Waals surface area contributed by atoms with Crippen LogP contribution in [0.2, 0.25) is 0 Å². The maximum atomic E-state index is 12.4. The number of para-hydroxylation sites is 1. The van der Waals surface area contributed by atoms with Crippen LogP contribution in [0.15, 0.2) is 85.1 Å². The highest BCUT2D eigenvalue weighted by atomic mass is 16.1. The van der Waals surface area contributed by atoms with Gasteiger partial charge in [0, 0.05) is 28.5 Å². The summed E-state index contributed by atoms with van der Waals surface area (Å²) in [5, 5.41) is 7.42. The van der Waals surface area contributed by atoms with E-state index in [9.17, 15) is 4.79 Å². The number of aromatic nitrogens is 1. The lowest BCUT2D eigenvalue weighted by molar-refractivity contribution is 0.102. The first-order chi connectivity index (χ1) is 13.2. The number of nitrogens with one attached hydrogen (secondary N) is 2. The number of benzene rings is 3. The van der Waals surface area contributed by atoms with Crippen molar-refractivity contribution >= 4 is 33.9 Å². The average molecular weight is 353 g/mol. The van der Waals surface area contributed by atoms with Crippen molar-refractivity contribution in [1.82, 2.24) is 4.98 Å². The summed E-state index contributed by atoms with van der Waals surface area (Å²) in [7, 11) is 0. The maximum absolute atomic E-state index is 12.4. The Morgan fingerprint density at radius 1 is 0.815 bits per heavy atom. The van der Waals surface area contributed by atoms with Gasteiger partial charge in [-0.2, -0.15) is 0 Å². The zero-order chi connectivity index (χ0) is 18.6. The van der Waals surface area contributed by atoms with Crippen molar-refractivity contribution in [3.63, 3.8) is 0 Å². The molecule has 0 atom stereocenters. The van der Waals surface area contributed by atoms with Gasteiger partial charge >= 0.3 is 0 Å². The summed E-state index contributed by atoms with van der Waals surface area (Å²) in [5.74, 6) is -0.105. The van der Waals surface area contributed by atoms with E-state index in [0.29, 0.717) is 5.56 Å². The van der Waals surface area contributed by atoms with E-state index in [0.717, 1.165) is 33.5 Å². The third-order valence-corrected chi connectivity index (χ3v) is 4.44. The number of aryl methyl sites for hydroxylation is 1. The molecule has 0 aliphatic heterocycles. The molecule has 3 aromatic carbocycles. The van der Waals surface area contributed by atoms with Gasteiger partial charge in [-0.3, -0.25) is 9.78 Å². The largest absolute Gasteiger partial charge is 0.354 e. The highest BCUT2D eigenvalue weighted by Crippen LogP contribution is 2.25. The molecule has 0 unspecified atom stereocenters. The van der Waals surface area contributed by atoms with Crippen LogP contribution in [0, 0.1) is 6.92 Å². The van der Waals surface area contributed by atoms with Gasteiger partial charge in [0.2, 0.25) is 0 Å². The lowest BCUT2D eigenvalue weighted by Gasteiger charge is -2.11. The van der Waals surface area contributed by atoms with E-state index >= 15 is 0 Å². The first-order valence-corrected chi connectivity index (χ1v) is 8.78. The average Bonchev–Trinajstić information content (AvgIpc) is 2.70. The minimum Gasteiger partial charge on any atom is -0.354 e. The summed E-state index contributed by atoms with van der Waals surface area (Å²) >= 11 is 0. The quantitative estimate of drug-likeness (QED) is 0.506. The van der Waals surface area contributed by atoms with E-state index in [2.05, 4.69) is 15.6 Å². The number of amides is 1. The topological polar surface area (TPSA) is 54.0 Å². The number of rotatable bonds is 4. The van der Waals surface area contributed by atoms with Gasteiger partial charge in [-0.05, 0) is 55.0 Å². The molecule has 0 spiro atoms.